The lowest BCUT2D eigenvalue weighted by Gasteiger charge is -2.18. The van der Waals surface area contributed by atoms with Gasteiger partial charge in [-0.25, -0.2) is 0 Å². The molecule has 0 spiro atoms. The van der Waals surface area contributed by atoms with Crippen LogP contribution >= 0.6 is 0 Å². The van der Waals surface area contributed by atoms with Crippen LogP contribution in [-0.2, 0) is 0 Å². The average molecular weight is 222 g/mol. The molecule has 0 aromatic heterocycles. The van der Waals surface area contributed by atoms with E-state index in [1.165, 1.54) is 18.9 Å². The number of benzene rings is 1. The second kappa shape index (κ2) is 6.41. The molecule has 1 aromatic carbocycles. The molecular weight excluding hydrogens is 200 g/mol. The third kappa shape index (κ3) is 3.16. The summed E-state index contributed by atoms with van der Waals surface area (Å²) >= 11 is 0. The van der Waals surface area contributed by atoms with Crippen molar-refractivity contribution in [3.8, 4) is 11.5 Å². The molecule has 0 aliphatic heterocycles. The van der Waals surface area contributed by atoms with Gasteiger partial charge < -0.3 is 10.2 Å². The van der Waals surface area contributed by atoms with Crippen molar-refractivity contribution in [2.45, 2.75) is 51.9 Å². The molecule has 1 aromatic rings. The zero-order chi connectivity index (χ0) is 12.0. The van der Waals surface area contributed by atoms with Crippen LogP contribution in [0.3, 0.4) is 0 Å². The third-order valence-electron chi connectivity index (χ3n) is 3.03. The lowest BCUT2D eigenvalue weighted by molar-refractivity contribution is 0.391. The van der Waals surface area contributed by atoms with Crippen molar-refractivity contribution in [2.75, 3.05) is 0 Å². The second-order valence-electron chi connectivity index (χ2n) is 4.34. The summed E-state index contributed by atoms with van der Waals surface area (Å²) in [5, 5.41) is 19.3. The fourth-order valence-corrected chi connectivity index (χ4v) is 2.13. The predicted molar refractivity (Wildman–Crippen MR) is 66.9 cm³/mol. The minimum Gasteiger partial charge on any atom is -0.504 e. The van der Waals surface area contributed by atoms with Gasteiger partial charge in [-0.15, -0.1) is 0 Å². The summed E-state index contributed by atoms with van der Waals surface area (Å²) in [6, 6.07) is 5.26. The molecule has 0 saturated carbocycles. The summed E-state index contributed by atoms with van der Waals surface area (Å²) in [5.41, 5.74) is 0.898. The Morgan fingerprint density at radius 2 is 1.81 bits per heavy atom. The SMILES string of the molecule is CCCCC(CCC)c1cccc(O)c1O. The fraction of sp³-hybridized carbons (Fsp3) is 0.571. The zero-order valence-electron chi connectivity index (χ0n) is 10.2. The standard InChI is InChI=1S/C14H22O2/c1-3-5-8-11(7-4-2)12-9-6-10-13(15)14(12)16/h6,9-11,15-16H,3-5,7-8H2,1-2H3. The van der Waals surface area contributed by atoms with Crippen LogP contribution in [0.5, 0.6) is 11.5 Å². The molecule has 1 atom stereocenters. The van der Waals surface area contributed by atoms with E-state index < -0.39 is 0 Å². The fourth-order valence-electron chi connectivity index (χ4n) is 2.13. The molecule has 90 valence electrons. The molecule has 0 aliphatic carbocycles. The maximum atomic E-state index is 9.84. The van der Waals surface area contributed by atoms with Gasteiger partial charge in [-0.1, -0.05) is 45.2 Å². The van der Waals surface area contributed by atoms with Gasteiger partial charge in [0.15, 0.2) is 11.5 Å². The van der Waals surface area contributed by atoms with Crippen LogP contribution in [0, 0.1) is 0 Å². The van der Waals surface area contributed by atoms with E-state index in [2.05, 4.69) is 13.8 Å². The van der Waals surface area contributed by atoms with Crippen LogP contribution in [0.2, 0.25) is 0 Å². The Morgan fingerprint density at radius 3 is 2.44 bits per heavy atom. The van der Waals surface area contributed by atoms with E-state index in [1.807, 2.05) is 6.07 Å². The smallest absolute Gasteiger partial charge is 0.160 e. The first-order valence-corrected chi connectivity index (χ1v) is 6.21. The topological polar surface area (TPSA) is 40.5 Å². The van der Waals surface area contributed by atoms with E-state index in [1.54, 1.807) is 6.07 Å². The molecule has 16 heavy (non-hydrogen) atoms. The van der Waals surface area contributed by atoms with Gasteiger partial charge in [-0.3, -0.25) is 0 Å². The van der Waals surface area contributed by atoms with E-state index in [0.29, 0.717) is 5.92 Å². The van der Waals surface area contributed by atoms with Gasteiger partial charge in [0.1, 0.15) is 0 Å². The van der Waals surface area contributed by atoms with Crippen LogP contribution in [-0.4, -0.2) is 10.2 Å². The van der Waals surface area contributed by atoms with E-state index in [9.17, 15) is 10.2 Å². The summed E-state index contributed by atoms with van der Waals surface area (Å²) in [7, 11) is 0. The average Bonchev–Trinajstić information content (AvgIpc) is 2.28. The number of hydrogen-bond acceptors (Lipinski definition) is 2. The molecule has 0 aliphatic rings. The zero-order valence-corrected chi connectivity index (χ0v) is 10.2. The lowest BCUT2D eigenvalue weighted by Crippen LogP contribution is -1.99. The third-order valence-corrected chi connectivity index (χ3v) is 3.03. The van der Waals surface area contributed by atoms with Crippen molar-refractivity contribution >= 4 is 0 Å². The van der Waals surface area contributed by atoms with Crippen molar-refractivity contribution in [3.05, 3.63) is 23.8 Å². The molecule has 0 amide bonds. The minimum absolute atomic E-state index is 0.00454. The van der Waals surface area contributed by atoms with Gasteiger partial charge in [0.2, 0.25) is 0 Å². The van der Waals surface area contributed by atoms with E-state index in [4.69, 9.17) is 0 Å². The van der Waals surface area contributed by atoms with Gasteiger partial charge in [0.05, 0.1) is 0 Å². The Bertz CT molecular complexity index is 321. The molecule has 0 bridgehead atoms. The highest BCUT2D eigenvalue weighted by Crippen LogP contribution is 2.37. The molecule has 0 heterocycles. The van der Waals surface area contributed by atoms with Crippen LogP contribution in [0.15, 0.2) is 18.2 Å². The first kappa shape index (κ1) is 12.9. The molecule has 0 saturated heterocycles. The first-order chi connectivity index (χ1) is 7.70. The molecular formula is C14H22O2. The monoisotopic (exact) mass is 222 g/mol. The normalized spacial score (nSPS) is 12.6. The minimum atomic E-state index is -0.00454. The molecule has 0 radical (unpaired) electrons. The largest absolute Gasteiger partial charge is 0.504 e. The van der Waals surface area contributed by atoms with Crippen molar-refractivity contribution in [2.24, 2.45) is 0 Å². The summed E-state index contributed by atoms with van der Waals surface area (Å²) < 4.78 is 0. The highest BCUT2D eigenvalue weighted by atomic mass is 16.3. The van der Waals surface area contributed by atoms with Crippen molar-refractivity contribution < 1.29 is 10.2 Å². The van der Waals surface area contributed by atoms with Crippen LogP contribution in [0.25, 0.3) is 0 Å². The summed E-state index contributed by atoms with van der Waals surface area (Å²) in [4.78, 5) is 0. The number of rotatable bonds is 6. The van der Waals surface area contributed by atoms with Gasteiger partial charge in [-0.05, 0) is 24.8 Å². The molecule has 2 N–H and O–H groups in total. The number of unbranched alkanes of at least 4 members (excludes halogenated alkanes) is 1. The first-order valence-electron chi connectivity index (χ1n) is 6.21. The van der Waals surface area contributed by atoms with E-state index in [-0.39, 0.29) is 11.5 Å². The number of para-hydroxylation sites is 1. The number of phenols is 2. The number of hydrogen-bond donors (Lipinski definition) is 2. The van der Waals surface area contributed by atoms with Crippen LogP contribution in [0.1, 0.15) is 57.4 Å². The van der Waals surface area contributed by atoms with Crippen LogP contribution in [0.4, 0.5) is 0 Å². The number of phenolic OH excluding ortho intramolecular Hbond substituents is 2. The predicted octanol–water partition coefficient (Wildman–Crippen LogP) is 4.17. The Hall–Kier alpha value is -1.18. The quantitative estimate of drug-likeness (QED) is 0.709. The van der Waals surface area contributed by atoms with Gasteiger partial charge in [0.25, 0.3) is 0 Å². The number of aromatic hydroxyl groups is 2. The molecule has 1 rings (SSSR count). The Labute approximate surface area is 97.9 Å². The summed E-state index contributed by atoms with van der Waals surface area (Å²) in [5.74, 6) is 0.434. The van der Waals surface area contributed by atoms with Crippen molar-refractivity contribution in [3.63, 3.8) is 0 Å². The highest BCUT2D eigenvalue weighted by Gasteiger charge is 2.16. The maximum absolute atomic E-state index is 9.84. The summed E-state index contributed by atoms with van der Waals surface area (Å²) in [6.07, 6.45) is 5.58. The molecule has 2 heteroatoms. The van der Waals surface area contributed by atoms with Crippen molar-refractivity contribution in [1.29, 1.82) is 0 Å². The van der Waals surface area contributed by atoms with Gasteiger partial charge in [0, 0.05) is 5.56 Å². The second-order valence-corrected chi connectivity index (χ2v) is 4.34. The Morgan fingerprint density at radius 1 is 1.06 bits per heavy atom. The van der Waals surface area contributed by atoms with E-state index in [0.717, 1.165) is 24.8 Å². The Kier molecular flexibility index (Phi) is 5.17. The maximum Gasteiger partial charge on any atom is 0.160 e. The van der Waals surface area contributed by atoms with Crippen molar-refractivity contribution in [1.82, 2.24) is 0 Å². The van der Waals surface area contributed by atoms with Gasteiger partial charge in [-0.2, -0.15) is 0 Å². The van der Waals surface area contributed by atoms with Gasteiger partial charge >= 0.3 is 0 Å². The van der Waals surface area contributed by atoms with E-state index >= 15 is 0 Å². The molecule has 2 nitrogen and oxygen atoms in total. The molecule has 0 fully saturated rings. The van der Waals surface area contributed by atoms with Crippen LogP contribution < -0.4 is 0 Å². The Balaban J connectivity index is 2.86. The lowest BCUT2D eigenvalue weighted by atomic mass is 9.89. The highest BCUT2D eigenvalue weighted by molar-refractivity contribution is 5.46. The summed E-state index contributed by atoms with van der Waals surface area (Å²) in [6.45, 7) is 4.32. The molecule has 1 unspecified atom stereocenters.